The van der Waals surface area contributed by atoms with Crippen molar-refractivity contribution in [3.05, 3.63) is 47.2 Å². The van der Waals surface area contributed by atoms with E-state index >= 15 is 0 Å². The van der Waals surface area contributed by atoms with Crippen LogP contribution in [0.25, 0.3) is 0 Å². The molecule has 4 rings (SSSR count). The third-order valence-corrected chi connectivity index (χ3v) is 4.95. The van der Waals surface area contributed by atoms with E-state index in [9.17, 15) is 22.8 Å². The molecule has 1 aliphatic heterocycles. The minimum Gasteiger partial charge on any atom is -0.322 e. The lowest BCUT2D eigenvalue weighted by Crippen LogP contribution is -2.52. The number of carbonyl (C=O) groups excluding carboxylic acids is 2. The number of hydrogen-bond donors (Lipinski definition) is 3. The number of nitrogens with one attached hydrogen (secondary N) is 3. The van der Waals surface area contributed by atoms with Crippen LogP contribution in [-0.2, 0) is 11.0 Å². The fraction of sp³-hybridized carbons (Fsp3) is 0.421. The zero-order chi connectivity index (χ0) is 20.8. The number of carbonyl (C=O) groups is 2. The Labute approximate surface area is 164 Å². The van der Waals surface area contributed by atoms with Gasteiger partial charge in [-0.3, -0.25) is 14.9 Å². The van der Waals surface area contributed by atoms with Crippen molar-refractivity contribution >= 4 is 17.6 Å². The third-order valence-electron chi connectivity index (χ3n) is 4.95. The van der Waals surface area contributed by atoms with Crippen LogP contribution in [0.2, 0.25) is 0 Å². The predicted molar refractivity (Wildman–Crippen MR) is 98.0 cm³/mol. The van der Waals surface area contributed by atoms with Gasteiger partial charge in [-0.2, -0.15) is 18.3 Å². The van der Waals surface area contributed by atoms with Gasteiger partial charge in [0, 0.05) is 24.4 Å². The summed E-state index contributed by atoms with van der Waals surface area (Å²) >= 11 is 0. The highest BCUT2D eigenvalue weighted by atomic mass is 19.4. The first-order chi connectivity index (χ1) is 13.7. The van der Waals surface area contributed by atoms with Crippen molar-refractivity contribution < 1.29 is 22.8 Å². The Hall–Kier alpha value is -2.88. The van der Waals surface area contributed by atoms with Crippen molar-refractivity contribution in [2.24, 2.45) is 0 Å². The van der Waals surface area contributed by atoms with E-state index in [1.807, 2.05) is 6.92 Å². The maximum atomic E-state index is 13.3. The van der Waals surface area contributed by atoms with Crippen LogP contribution in [0.3, 0.4) is 0 Å². The molecule has 29 heavy (non-hydrogen) atoms. The Morgan fingerprint density at radius 2 is 2.00 bits per heavy atom. The molecule has 2 aliphatic rings. The highest BCUT2D eigenvalue weighted by Gasteiger charge is 2.36. The van der Waals surface area contributed by atoms with Gasteiger partial charge in [0.2, 0.25) is 5.91 Å². The summed E-state index contributed by atoms with van der Waals surface area (Å²) in [5.74, 6) is -0.590. The Morgan fingerprint density at radius 3 is 2.66 bits per heavy atom. The molecule has 1 saturated heterocycles. The van der Waals surface area contributed by atoms with Crippen LogP contribution in [0, 0.1) is 0 Å². The minimum absolute atomic E-state index is 0.114. The second-order valence-electron chi connectivity index (χ2n) is 7.41. The molecule has 2 heterocycles. The smallest absolute Gasteiger partial charge is 0.322 e. The fourth-order valence-electron chi connectivity index (χ4n) is 3.39. The average Bonchev–Trinajstić information content (AvgIpc) is 3.41. The number of benzene rings is 1. The van der Waals surface area contributed by atoms with E-state index in [1.54, 1.807) is 6.07 Å². The molecule has 1 aromatic carbocycles. The van der Waals surface area contributed by atoms with Gasteiger partial charge in [0.15, 0.2) is 6.29 Å². The van der Waals surface area contributed by atoms with Crippen LogP contribution in [0.15, 0.2) is 30.3 Å². The summed E-state index contributed by atoms with van der Waals surface area (Å²) in [7, 11) is 0. The molecule has 1 saturated carbocycles. The number of nitrogens with zero attached hydrogens (tertiary/aromatic N) is 2. The third kappa shape index (κ3) is 4.12. The number of alkyl halides is 3. The van der Waals surface area contributed by atoms with Gasteiger partial charge >= 0.3 is 6.18 Å². The molecule has 2 atom stereocenters. The Morgan fingerprint density at radius 1 is 1.28 bits per heavy atom. The maximum Gasteiger partial charge on any atom is 0.417 e. The van der Waals surface area contributed by atoms with Gasteiger partial charge in [-0.25, -0.2) is 4.68 Å². The molecule has 2 fully saturated rings. The van der Waals surface area contributed by atoms with Gasteiger partial charge in [0.05, 0.1) is 16.8 Å². The van der Waals surface area contributed by atoms with Gasteiger partial charge in [-0.1, -0.05) is 12.1 Å². The zero-order valence-electron chi connectivity index (χ0n) is 15.6. The highest BCUT2D eigenvalue weighted by Crippen LogP contribution is 2.40. The first-order valence-electron chi connectivity index (χ1n) is 9.35. The summed E-state index contributed by atoms with van der Waals surface area (Å²) in [4.78, 5) is 24.6. The molecule has 0 radical (unpaired) electrons. The first-order valence-corrected chi connectivity index (χ1v) is 9.35. The second-order valence-corrected chi connectivity index (χ2v) is 7.41. The van der Waals surface area contributed by atoms with Crippen molar-refractivity contribution in [2.45, 2.75) is 50.6 Å². The van der Waals surface area contributed by atoms with E-state index in [2.05, 4.69) is 21.0 Å². The fourth-order valence-corrected chi connectivity index (χ4v) is 3.39. The number of rotatable bonds is 4. The standard InChI is InChI=1S/C19H20F3N5O2/c1-10-8-16(28)25-18(23-10)27-15(9-14(26-27)11-6-7-11)24-17(29)12-4-2-3-5-13(12)19(20,21)22/h2-5,9-11,18,23H,6-8H2,1H3,(H,24,29)(H,25,28). The summed E-state index contributed by atoms with van der Waals surface area (Å²) in [5.41, 5.74) is -0.753. The van der Waals surface area contributed by atoms with E-state index in [1.165, 1.54) is 16.8 Å². The largest absolute Gasteiger partial charge is 0.417 e. The molecule has 0 bridgehead atoms. The summed E-state index contributed by atoms with van der Waals surface area (Å²) in [5, 5.41) is 12.9. The van der Waals surface area contributed by atoms with Gasteiger partial charge in [0.1, 0.15) is 5.82 Å². The van der Waals surface area contributed by atoms with Crippen LogP contribution in [0.4, 0.5) is 19.0 Å². The molecule has 154 valence electrons. The number of aromatic nitrogens is 2. The van der Waals surface area contributed by atoms with Crippen molar-refractivity contribution in [1.82, 2.24) is 20.4 Å². The van der Waals surface area contributed by atoms with Crippen molar-refractivity contribution in [2.75, 3.05) is 5.32 Å². The SMILES string of the molecule is CC1CC(=O)NC(n2nc(C3CC3)cc2NC(=O)c2ccccc2C(F)(F)F)N1. The van der Waals surface area contributed by atoms with Crippen LogP contribution < -0.4 is 16.0 Å². The lowest BCUT2D eigenvalue weighted by molar-refractivity contribution is -0.138. The van der Waals surface area contributed by atoms with Gasteiger partial charge in [-0.05, 0) is 31.9 Å². The van der Waals surface area contributed by atoms with Crippen molar-refractivity contribution in [3.63, 3.8) is 0 Å². The molecule has 3 N–H and O–H groups in total. The highest BCUT2D eigenvalue weighted by molar-refractivity contribution is 6.05. The summed E-state index contributed by atoms with van der Waals surface area (Å²) in [6.45, 7) is 1.84. The monoisotopic (exact) mass is 407 g/mol. The molecule has 10 heteroatoms. The number of anilines is 1. The Balaban J connectivity index is 1.65. The normalized spacial score (nSPS) is 22.3. The lowest BCUT2D eigenvalue weighted by atomic mass is 10.1. The molecule has 1 aliphatic carbocycles. The van der Waals surface area contributed by atoms with Crippen LogP contribution in [-0.4, -0.2) is 27.6 Å². The van der Waals surface area contributed by atoms with Gasteiger partial charge < -0.3 is 10.6 Å². The molecule has 2 aromatic rings. The van der Waals surface area contributed by atoms with Crippen molar-refractivity contribution in [3.8, 4) is 0 Å². The quantitative estimate of drug-likeness (QED) is 0.727. The van der Waals surface area contributed by atoms with Crippen LogP contribution >= 0.6 is 0 Å². The molecule has 1 aromatic heterocycles. The second kappa shape index (κ2) is 7.18. The number of amides is 2. The average molecular weight is 407 g/mol. The van der Waals surface area contributed by atoms with E-state index in [0.29, 0.717) is 6.42 Å². The lowest BCUT2D eigenvalue weighted by Gasteiger charge is -2.30. The molecule has 2 amide bonds. The van der Waals surface area contributed by atoms with E-state index < -0.39 is 29.5 Å². The Kier molecular flexibility index (Phi) is 4.81. The molecule has 0 spiro atoms. The van der Waals surface area contributed by atoms with Crippen LogP contribution in [0.1, 0.15) is 60.0 Å². The van der Waals surface area contributed by atoms with E-state index in [-0.39, 0.29) is 23.7 Å². The van der Waals surface area contributed by atoms with E-state index in [4.69, 9.17) is 0 Å². The van der Waals surface area contributed by atoms with Gasteiger partial charge in [-0.15, -0.1) is 0 Å². The maximum absolute atomic E-state index is 13.3. The zero-order valence-corrected chi connectivity index (χ0v) is 15.6. The predicted octanol–water partition coefficient (Wildman–Crippen LogP) is 2.99. The first kappa shape index (κ1) is 19.4. The minimum atomic E-state index is -4.65. The number of hydrogen-bond acceptors (Lipinski definition) is 4. The molecular weight excluding hydrogens is 387 g/mol. The molecular formula is C19H20F3N5O2. The van der Waals surface area contributed by atoms with Gasteiger partial charge in [0.25, 0.3) is 5.91 Å². The van der Waals surface area contributed by atoms with E-state index in [0.717, 1.165) is 30.7 Å². The van der Waals surface area contributed by atoms with Crippen molar-refractivity contribution in [1.29, 1.82) is 0 Å². The molecule has 7 nitrogen and oxygen atoms in total. The topological polar surface area (TPSA) is 88.1 Å². The summed E-state index contributed by atoms with van der Waals surface area (Å²) in [6, 6.07) is 6.14. The Bertz CT molecular complexity index is 952. The number of halogens is 3. The summed E-state index contributed by atoms with van der Waals surface area (Å²) < 4.78 is 41.2. The molecule has 2 unspecified atom stereocenters. The van der Waals surface area contributed by atoms with Crippen LogP contribution in [0.5, 0.6) is 0 Å². The summed E-state index contributed by atoms with van der Waals surface area (Å²) in [6.07, 6.45) is -3.13.